The van der Waals surface area contributed by atoms with Gasteiger partial charge >= 0.3 is 0 Å². The van der Waals surface area contributed by atoms with Gasteiger partial charge in [-0.3, -0.25) is 10.8 Å². The molecule has 3 atom stereocenters. The molecule has 3 unspecified atom stereocenters. The van der Waals surface area contributed by atoms with Crippen LogP contribution in [0.2, 0.25) is 0 Å². The predicted octanol–water partition coefficient (Wildman–Crippen LogP) is 2.71. The van der Waals surface area contributed by atoms with Gasteiger partial charge in [0.2, 0.25) is 0 Å². The summed E-state index contributed by atoms with van der Waals surface area (Å²) in [6, 6.07) is 3.77. The third-order valence-electron chi connectivity index (χ3n) is 4.00. The lowest BCUT2D eigenvalue weighted by Gasteiger charge is -2.31. The number of nitrogen functional groups attached to an aromatic ring is 1. The topological polar surface area (TPSA) is 60.2 Å². The van der Waals surface area contributed by atoms with E-state index in [2.05, 4.69) is 24.3 Å². The summed E-state index contributed by atoms with van der Waals surface area (Å²) in [5.41, 5.74) is 4.42. The highest BCUT2D eigenvalue weighted by Gasteiger charge is 2.24. The van der Waals surface area contributed by atoms with E-state index in [4.69, 9.17) is 10.6 Å². The Labute approximate surface area is 109 Å². The van der Waals surface area contributed by atoms with Crippen LogP contribution in [-0.4, -0.2) is 11.1 Å². The Kier molecular flexibility index (Phi) is 4.55. The highest BCUT2D eigenvalue weighted by Crippen LogP contribution is 2.31. The van der Waals surface area contributed by atoms with Crippen LogP contribution in [0.3, 0.4) is 0 Å². The molecule has 4 heteroatoms. The van der Waals surface area contributed by atoms with Gasteiger partial charge in [-0.1, -0.05) is 13.8 Å². The van der Waals surface area contributed by atoms with Crippen molar-refractivity contribution in [2.75, 3.05) is 5.43 Å². The molecule has 1 aromatic heterocycles. The number of nitrogens with one attached hydrogen (secondary N) is 1. The molecule has 1 heterocycles. The summed E-state index contributed by atoms with van der Waals surface area (Å²) in [6.07, 6.45) is 5.73. The molecule has 0 amide bonds. The van der Waals surface area contributed by atoms with E-state index < -0.39 is 0 Å². The van der Waals surface area contributed by atoms with Gasteiger partial charge in [-0.15, -0.1) is 0 Å². The molecule has 100 valence electrons. The molecule has 0 saturated heterocycles. The van der Waals surface area contributed by atoms with Gasteiger partial charge in [0.05, 0.1) is 24.1 Å². The quantitative estimate of drug-likeness (QED) is 0.636. The monoisotopic (exact) mass is 249 g/mol. The molecule has 3 N–H and O–H groups in total. The van der Waals surface area contributed by atoms with E-state index in [0.29, 0.717) is 12.7 Å². The zero-order valence-corrected chi connectivity index (χ0v) is 11.2. The molecule has 1 aromatic rings. The first-order chi connectivity index (χ1) is 8.69. The average molecular weight is 249 g/mol. The Morgan fingerprint density at radius 2 is 2.22 bits per heavy atom. The maximum absolute atomic E-state index is 5.96. The number of hydrazine groups is 1. The number of rotatable bonds is 4. The van der Waals surface area contributed by atoms with Crippen LogP contribution in [0.5, 0.6) is 0 Å². The average Bonchev–Trinajstić information content (AvgIpc) is 2.40. The van der Waals surface area contributed by atoms with Crippen molar-refractivity contribution in [3.05, 3.63) is 24.0 Å². The normalized spacial score (nSPS) is 28.1. The van der Waals surface area contributed by atoms with Gasteiger partial charge in [-0.25, -0.2) is 0 Å². The summed E-state index contributed by atoms with van der Waals surface area (Å²) in [6.45, 7) is 5.22. The van der Waals surface area contributed by atoms with Crippen molar-refractivity contribution in [2.45, 2.75) is 45.8 Å². The van der Waals surface area contributed by atoms with Crippen molar-refractivity contribution in [3.8, 4) is 0 Å². The van der Waals surface area contributed by atoms with Gasteiger partial charge in [0.15, 0.2) is 0 Å². The minimum atomic E-state index is 0.382. The van der Waals surface area contributed by atoms with Crippen LogP contribution >= 0.6 is 0 Å². The zero-order chi connectivity index (χ0) is 13.0. The number of anilines is 1. The first-order valence-electron chi connectivity index (χ1n) is 6.72. The Morgan fingerprint density at radius 1 is 1.39 bits per heavy atom. The van der Waals surface area contributed by atoms with Gasteiger partial charge in [0.1, 0.15) is 0 Å². The van der Waals surface area contributed by atoms with E-state index in [9.17, 15) is 0 Å². The lowest BCUT2D eigenvalue weighted by molar-refractivity contribution is -0.00873. The first kappa shape index (κ1) is 13.3. The van der Waals surface area contributed by atoms with Gasteiger partial charge < -0.3 is 10.2 Å². The summed E-state index contributed by atoms with van der Waals surface area (Å²) in [7, 11) is 0. The molecule has 0 radical (unpaired) electrons. The maximum atomic E-state index is 5.96. The number of hydrogen-bond donors (Lipinski definition) is 2. The summed E-state index contributed by atoms with van der Waals surface area (Å²) >= 11 is 0. The molecule has 0 aromatic carbocycles. The fourth-order valence-corrected chi connectivity index (χ4v) is 2.50. The van der Waals surface area contributed by atoms with E-state index in [-0.39, 0.29) is 0 Å². The Bertz CT molecular complexity index is 383. The van der Waals surface area contributed by atoms with Crippen LogP contribution in [0.25, 0.3) is 0 Å². The second-order valence-electron chi connectivity index (χ2n) is 5.38. The molecule has 0 aliphatic heterocycles. The second-order valence-corrected chi connectivity index (χ2v) is 5.38. The van der Waals surface area contributed by atoms with Crippen LogP contribution in [0.4, 0.5) is 5.69 Å². The lowest BCUT2D eigenvalue weighted by Crippen LogP contribution is -2.26. The summed E-state index contributed by atoms with van der Waals surface area (Å²) < 4.78 is 5.96. The van der Waals surface area contributed by atoms with Crippen LogP contribution < -0.4 is 11.3 Å². The zero-order valence-electron chi connectivity index (χ0n) is 11.2. The SMILES string of the molecule is CC1CCC(OCc2cc(NN)ccn2)CC1C. The molecule has 0 spiro atoms. The highest BCUT2D eigenvalue weighted by molar-refractivity contribution is 5.41. The number of nitrogens with zero attached hydrogens (tertiary/aromatic N) is 1. The smallest absolute Gasteiger partial charge is 0.0892 e. The number of aromatic nitrogens is 1. The second kappa shape index (κ2) is 6.16. The van der Waals surface area contributed by atoms with Crippen LogP contribution in [0.1, 0.15) is 38.8 Å². The van der Waals surface area contributed by atoms with Crippen LogP contribution in [0.15, 0.2) is 18.3 Å². The molecular formula is C14H23N3O. The van der Waals surface area contributed by atoms with Gasteiger partial charge in [-0.05, 0) is 43.2 Å². The van der Waals surface area contributed by atoms with Crippen molar-refractivity contribution in [1.82, 2.24) is 4.98 Å². The minimum Gasteiger partial charge on any atom is -0.372 e. The van der Waals surface area contributed by atoms with Gasteiger partial charge in [0.25, 0.3) is 0 Å². The predicted molar refractivity (Wildman–Crippen MR) is 72.8 cm³/mol. The first-order valence-corrected chi connectivity index (χ1v) is 6.72. The van der Waals surface area contributed by atoms with Crippen molar-refractivity contribution < 1.29 is 4.74 Å². The van der Waals surface area contributed by atoms with E-state index in [1.165, 1.54) is 12.8 Å². The van der Waals surface area contributed by atoms with Crippen molar-refractivity contribution in [2.24, 2.45) is 17.7 Å². The summed E-state index contributed by atoms with van der Waals surface area (Å²) in [5.74, 6) is 6.96. The third kappa shape index (κ3) is 3.43. The molecule has 1 saturated carbocycles. The molecule has 4 nitrogen and oxygen atoms in total. The fraction of sp³-hybridized carbons (Fsp3) is 0.643. The molecule has 1 fully saturated rings. The van der Waals surface area contributed by atoms with Crippen molar-refractivity contribution in [3.63, 3.8) is 0 Å². The molecule has 1 aliphatic carbocycles. The Balaban J connectivity index is 1.84. The van der Waals surface area contributed by atoms with Crippen LogP contribution in [0, 0.1) is 11.8 Å². The Morgan fingerprint density at radius 3 is 2.94 bits per heavy atom. The lowest BCUT2D eigenvalue weighted by atomic mass is 9.80. The van der Waals surface area contributed by atoms with E-state index in [1.807, 2.05) is 12.1 Å². The molecule has 0 bridgehead atoms. The molecule has 1 aliphatic rings. The standard InChI is InChI=1S/C14H23N3O/c1-10-3-4-14(7-11(10)2)18-9-13-8-12(17-15)5-6-16-13/h5-6,8,10-11,14H,3-4,7,9,15H2,1-2H3,(H,16,17). The molecule has 2 rings (SSSR count). The van der Waals surface area contributed by atoms with Crippen molar-refractivity contribution in [1.29, 1.82) is 0 Å². The minimum absolute atomic E-state index is 0.382. The van der Waals surface area contributed by atoms with Gasteiger partial charge in [-0.2, -0.15) is 0 Å². The summed E-state index contributed by atoms with van der Waals surface area (Å²) in [5, 5.41) is 0. The number of nitrogens with two attached hydrogens (primary N) is 1. The van der Waals surface area contributed by atoms with Gasteiger partial charge in [0, 0.05) is 6.20 Å². The third-order valence-corrected chi connectivity index (χ3v) is 4.00. The molecular weight excluding hydrogens is 226 g/mol. The van der Waals surface area contributed by atoms with E-state index in [1.54, 1.807) is 6.20 Å². The molecule has 18 heavy (non-hydrogen) atoms. The van der Waals surface area contributed by atoms with Crippen LogP contribution in [-0.2, 0) is 11.3 Å². The fourth-order valence-electron chi connectivity index (χ4n) is 2.50. The van der Waals surface area contributed by atoms with Crippen molar-refractivity contribution >= 4 is 5.69 Å². The highest BCUT2D eigenvalue weighted by atomic mass is 16.5. The Hall–Kier alpha value is -1.13. The maximum Gasteiger partial charge on any atom is 0.0892 e. The number of ether oxygens (including phenoxy) is 1. The van der Waals surface area contributed by atoms with E-state index in [0.717, 1.165) is 29.6 Å². The van der Waals surface area contributed by atoms with E-state index >= 15 is 0 Å². The number of pyridine rings is 1. The summed E-state index contributed by atoms with van der Waals surface area (Å²) in [4.78, 5) is 4.29. The largest absolute Gasteiger partial charge is 0.372 e. The number of hydrogen-bond acceptors (Lipinski definition) is 4.